The molecule has 1 rings (SSSR count). The predicted molar refractivity (Wildman–Crippen MR) is 53.9 cm³/mol. The number of alkyl halides is 1. The molecule has 0 aliphatic heterocycles. The number of rotatable bonds is 3. The first-order valence-electron chi connectivity index (χ1n) is 3.72. The second-order valence-electron chi connectivity index (χ2n) is 2.54. The fraction of sp³-hybridized carbons (Fsp3) is 0.222. The number of benzene rings is 1. The number of halogens is 1. The lowest BCUT2D eigenvalue weighted by Crippen LogP contribution is -2.16. The predicted octanol–water partition coefficient (Wildman–Crippen LogP) is 1.62. The lowest BCUT2D eigenvalue weighted by atomic mass is 10.1. The van der Waals surface area contributed by atoms with Gasteiger partial charge >= 0.3 is 0 Å². The first-order valence-corrected chi connectivity index (χ1v) is 4.64. The zero-order chi connectivity index (χ0) is 9.84. The number of hydrogen-bond donors (Lipinski definition) is 1. The van der Waals surface area contributed by atoms with Gasteiger partial charge in [0.05, 0.1) is 7.11 Å². The lowest BCUT2D eigenvalue weighted by Gasteiger charge is -2.06. The van der Waals surface area contributed by atoms with Crippen molar-refractivity contribution in [3.63, 3.8) is 0 Å². The molecule has 0 aliphatic carbocycles. The third-order valence-electron chi connectivity index (χ3n) is 1.66. The summed E-state index contributed by atoms with van der Waals surface area (Å²) in [5.74, 6) is 0.359. The first-order chi connectivity index (χ1) is 6.15. The standard InChI is InChI=1S/C9H10BrNO2/c1-13-7-4-2-6(3-5-7)8(10)9(11)12/h2-5,8H,1H3,(H2,11,12). The highest BCUT2D eigenvalue weighted by Crippen LogP contribution is 2.23. The van der Waals surface area contributed by atoms with Crippen LogP contribution in [0.4, 0.5) is 0 Å². The van der Waals surface area contributed by atoms with Crippen molar-refractivity contribution in [1.82, 2.24) is 0 Å². The number of nitrogens with two attached hydrogens (primary N) is 1. The third kappa shape index (κ3) is 2.45. The Balaban J connectivity index is 2.85. The Labute approximate surface area is 85.0 Å². The zero-order valence-corrected chi connectivity index (χ0v) is 8.74. The second kappa shape index (κ2) is 4.28. The molecule has 0 spiro atoms. The van der Waals surface area contributed by atoms with Crippen LogP contribution < -0.4 is 10.5 Å². The van der Waals surface area contributed by atoms with E-state index in [4.69, 9.17) is 10.5 Å². The van der Waals surface area contributed by atoms with Gasteiger partial charge < -0.3 is 10.5 Å². The second-order valence-corrected chi connectivity index (χ2v) is 3.45. The van der Waals surface area contributed by atoms with E-state index in [9.17, 15) is 4.79 Å². The van der Waals surface area contributed by atoms with E-state index in [2.05, 4.69) is 15.9 Å². The molecule has 1 aromatic carbocycles. The average molecular weight is 244 g/mol. The summed E-state index contributed by atoms with van der Waals surface area (Å²) in [6, 6.07) is 7.16. The van der Waals surface area contributed by atoms with E-state index in [1.165, 1.54) is 0 Å². The molecule has 70 valence electrons. The normalized spacial score (nSPS) is 12.2. The molecule has 1 aromatic rings. The first kappa shape index (κ1) is 10.1. The van der Waals surface area contributed by atoms with Crippen LogP contribution in [0.1, 0.15) is 10.4 Å². The number of hydrogen-bond acceptors (Lipinski definition) is 2. The molecule has 1 amide bonds. The quantitative estimate of drug-likeness (QED) is 0.821. The monoisotopic (exact) mass is 243 g/mol. The molecule has 0 saturated heterocycles. The molecule has 2 N–H and O–H groups in total. The maximum absolute atomic E-state index is 10.8. The zero-order valence-electron chi connectivity index (χ0n) is 7.16. The minimum atomic E-state index is -0.432. The van der Waals surface area contributed by atoms with Gasteiger partial charge in [-0.15, -0.1) is 0 Å². The van der Waals surface area contributed by atoms with E-state index in [-0.39, 0.29) is 0 Å². The van der Waals surface area contributed by atoms with Gasteiger partial charge in [-0.05, 0) is 17.7 Å². The molecule has 0 aliphatic rings. The van der Waals surface area contributed by atoms with Crippen LogP contribution in [-0.2, 0) is 4.79 Å². The minimum absolute atomic E-state index is 0.398. The SMILES string of the molecule is COc1ccc(C(Br)C(N)=O)cc1. The van der Waals surface area contributed by atoms with Crippen LogP contribution in [0.2, 0.25) is 0 Å². The van der Waals surface area contributed by atoms with Crippen molar-refractivity contribution < 1.29 is 9.53 Å². The molecule has 4 heteroatoms. The van der Waals surface area contributed by atoms with Gasteiger partial charge in [-0.25, -0.2) is 0 Å². The number of amides is 1. The fourth-order valence-corrected chi connectivity index (χ4v) is 1.24. The van der Waals surface area contributed by atoms with Gasteiger partial charge in [0.1, 0.15) is 10.6 Å². The Bertz CT molecular complexity index is 297. The molecule has 3 nitrogen and oxygen atoms in total. The molecule has 0 saturated carbocycles. The summed E-state index contributed by atoms with van der Waals surface area (Å²) in [6.45, 7) is 0. The van der Waals surface area contributed by atoms with Crippen LogP contribution in [0.5, 0.6) is 5.75 Å². The van der Waals surface area contributed by atoms with Crippen molar-refractivity contribution in [2.75, 3.05) is 7.11 Å². The van der Waals surface area contributed by atoms with Crippen LogP contribution in [0.3, 0.4) is 0 Å². The lowest BCUT2D eigenvalue weighted by molar-refractivity contribution is -0.117. The highest BCUT2D eigenvalue weighted by atomic mass is 79.9. The topological polar surface area (TPSA) is 52.3 Å². The van der Waals surface area contributed by atoms with Crippen molar-refractivity contribution in [2.45, 2.75) is 4.83 Å². The molecule has 0 aromatic heterocycles. The Kier molecular flexibility index (Phi) is 3.31. The van der Waals surface area contributed by atoms with Gasteiger partial charge in [0.25, 0.3) is 0 Å². The summed E-state index contributed by atoms with van der Waals surface area (Å²) in [4.78, 5) is 10.4. The van der Waals surface area contributed by atoms with Crippen LogP contribution in [0.15, 0.2) is 24.3 Å². The van der Waals surface area contributed by atoms with Crippen molar-refractivity contribution in [3.05, 3.63) is 29.8 Å². The molecule has 1 unspecified atom stereocenters. The van der Waals surface area contributed by atoms with Crippen molar-refractivity contribution in [3.8, 4) is 5.75 Å². The summed E-state index contributed by atoms with van der Waals surface area (Å²) >= 11 is 3.18. The molecule has 0 fully saturated rings. The Hall–Kier alpha value is -1.03. The molecular formula is C9H10BrNO2. The van der Waals surface area contributed by atoms with Gasteiger partial charge in [0.15, 0.2) is 0 Å². The van der Waals surface area contributed by atoms with E-state index in [0.717, 1.165) is 11.3 Å². The number of primary amides is 1. The van der Waals surface area contributed by atoms with E-state index in [0.29, 0.717) is 0 Å². The summed E-state index contributed by atoms with van der Waals surface area (Å²) in [7, 11) is 1.59. The Morgan fingerprint density at radius 1 is 1.46 bits per heavy atom. The number of carbonyl (C=O) groups is 1. The molecule has 0 bridgehead atoms. The number of methoxy groups -OCH3 is 1. The Morgan fingerprint density at radius 3 is 2.38 bits per heavy atom. The summed E-state index contributed by atoms with van der Waals surface area (Å²) in [6.07, 6.45) is 0. The number of ether oxygens (including phenoxy) is 1. The smallest absolute Gasteiger partial charge is 0.235 e. The van der Waals surface area contributed by atoms with Crippen molar-refractivity contribution in [1.29, 1.82) is 0 Å². The van der Waals surface area contributed by atoms with Crippen molar-refractivity contribution in [2.24, 2.45) is 5.73 Å². The van der Waals surface area contributed by atoms with Gasteiger partial charge in [-0.2, -0.15) is 0 Å². The van der Waals surface area contributed by atoms with E-state index in [1.807, 2.05) is 0 Å². The van der Waals surface area contributed by atoms with E-state index >= 15 is 0 Å². The van der Waals surface area contributed by atoms with Gasteiger partial charge in [-0.3, -0.25) is 4.79 Å². The van der Waals surface area contributed by atoms with E-state index in [1.54, 1.807) is 31.4 Å². The van der Waals surface area contributed by atoms with Gasteiger partial charge in [0, 0.05) is 0 Å². The molecule has 1 atom stereocenters. The van der Waals surface area contributed by atoms with Gasteiger partial charge in [-0.1, -0.05) is 28.1 Å². The summed E-state index contributed by atoms with van der Waals surface area (Å²) in [5.41, 5.74) is 5.95. The molecule has 0 radical (unpaired) electrons. The van der Waals surface area contributed by atoms with Crippen LogP contribution >= 0.6 is 15.9 Å². The highest BCUT2D eigenvalue weighted by Gasteiger charge is 2.12. The average Bonchev–Trinajstić information content (AvgIpc) is 2.17. The van der Waals surface area contributed by atoms with Crippen LogP contribution in [0, 0.1) is 0 Å². The molecular weight excluding hydrogens is 234 g/mol. The molecule has 13 heavy (non-hydrogen) atoms. The summed E-state index contributed by atoms with van der Waals surface area (Å²) in [5, 5.41) is 0. The van der Waals surface area contributed by atoms with E-state index < -0.39 is 10.7 Å². The molecule has 0 heterocycles. The minimum Gasteiger partial charge on any atom is -0.497 e. The largest absolute Gasteiger partial charge is 0.497 e. The third-order valence-corrected chi connectivity index (χ3v) is 2.64. The van der Waals surface area contributed by atoms with Crippen LogP contribution in [0.25, 0.3) is 0 Å². The maximum atomic E-state index is 10.8. The highest BCUT2D eigenvalue weighted by molar-refractivity contribution is 9.09. The van der Waals surface area contributed by atoms with Crippen molar-refractivity contribution >= 4 is 21.8 Å². The number of carbonyl (C=O) groups excluding carboxylic acids is 1. The van der Waals surface area contributed by atoms with Crippen LogP contribution in [-0.4, -0.2) is 13.0 Å². The Morgan fingerprint density at radius 2 is 2.00 bits per heavy atom. The fourth-order valence-electron chi connectivity index (χ4n) is 0.937. The van der Waals surface area contributed by atoms with Gasteiger partial charge in [0.2, 0.25) is 5.91 Å². The summed E-state index contributed by atoms with van der Waals surface area (Å²) < 4.78 is 4.98. The maximum Gasteiger partial charge on any atom is 0.235 e.